The summed E-state index contributed by atoms with van der Waals surface area (Å²) in [6.45, 7) is 6.38. The van der Waals surface area contributed by atoms with Gasteiger partial charge in [-0.2, -0.15) is 0 Å². The fourth-order valence-electron chi connectivity index (χ4n) is 3.20. The van der Waals surface area contributed by atoms with E-state index in [9.17, 15) is 0 Å². The van der Waals surface area contributed by atoms with Crippen molar-refractivity contribution in [2.24, 2.45) is 4.74 Å². The highest BCUT2D eigenvalue weighted by atomic mass is 31.2. The third kappa shape index (κ3) is 4.01. The van der Waals surface area contributed by atoms with E-state index in [1.54, 1.807) is 0 Å². The number of hydrogen-bond acceptors (Lipinski definition) is 2. The molecule has 0 heterocycles. The average Bonchev–Trinajstić information content (AvgIpc) is 2.72. The minimum absolute atomic E-state index is 0.165. The predicted molar refractivity (Wildman–Crippen MR) is 118 cm³/mol. The second kappa shape index (κ2) is 8.15. The molecular formula is C24H28NOP. The topological polar surface area (TPSA) is 21.6 Å². The second-order valence-electron chi connectivity index (χ2n) is 7.22. The molecule has 0 bridgehead atoms. The minimum Gasteiger partial charge on any atom is -0.488 e. The van der Waals surface area contributed by atoms with Gasteiger partial charge in [-0.15, -0.1) is 0 Å². The van der Waals surface area contributed by atoms with Gasteiger partial charge in [0.15, 0.2) is 0 Å². The second-order valence-corrected chi connectivity index (χ2v) is 10.4. The van der Waals surface area contributed by atoms with Gasteiger partial charge in [-0.25, -0.2) is 0 Å². The molecule has 0 aromatic heterocycles. The van der Waals surface area contributed by atoms with Crippen LogP contribution in [-0.2, 0) is 0 Å². The maximum Gasteiger partial charge on any atom is 0.120 e. The number of nitrogens with zero attached hydrogens (tertiary/aromatic N) is 1. The largest absolute Gasteiger partial charge is 0.488 e. The average molecular weight is 377 g/mol. The first-order valence-corrected chi connectivity index (χ1v) is 11.2. The van der Waals surface area contributed by atoms with Crippen LogP contribution < -0.4 is 20.7 Å². The van der Waals surface area contributed by atoms with E-state index in [1.165, 1.54) is 15.9 Å². The van der Waals surface area contributed by atoms with E-state index < -0.39 is 7.05 Å². The molecule has 0 spiro atoms. The van der Waals surface area contributed by atoms with Crippen LogP contribution in [0.2, 0.25) is 0 Å². The Labute approximate surface area is 163 Å². The third-order valence-electron chi connectivity index (χ3n) is 5.02. The summed E-state index contributed by atoms with van der Waals surface area (Å²) in [6.07, 6.45) is 0.962. The molecule has 0 N–H and O–H groups in total. The highest BCUT2D eigenvalue weighted by Gasteiger charge is 2.26. The Morgan fingerprint density at radius 3 is 1.59 bits per heavy atom. The molecule has 0 saturated heterocycles. The first-order chi connectivity index (χ1) is 13.0. The SMILES string of the molecule is CCC(C)(C)Oc1ccc(P(=NC)(c2ccccc2)c2ccccc2)cc1. The molecule has 0 radical (unpaired) electrons. The van der Waals surface area contributed by atoms with Gasteiger partial charge < -0.3 is 4.74 Å². The molecule has 0 aliphatic rings. The summed E-state index contributed by atoms with van der Waals surface area (Å²) < 4.78 is 11.2. The Bertz CT molecular complexity index is 872. The molecule has 0 fully saturated rings. The van der Waals surface area contributed by atoms with Gasteiger partial charge in [-0.05, 0) is 44.5 Å². The Morgan fingerprint density at radius 1 is 0.741 bits per heavy atom. The number of ether oxygens (including phenoxy) is 1. The van der Waals surface area contributed by atoms with Crippen LogP contribution >= 0.6 is 7.05 Å². The van der Waals surface area contributed by atoms with Crippen molar-refractivity contribution < 1.29 is 4.74 Å². The quantitative estimate of drug-likeness (QED) is 0.530. The van der Waals surface area contributed by atoms with E-state index >= 15 is 0 Å². The Balaban J connectivity index is 2.13. The molecule has 140 valence electrons. The molecule has 0 atom stereocenters. The zero-order valence-electron chi connectivity index (χ0n) is 16.6. The molecule has 3 heteroatoms. The smallest absolute Gasteiger partial charge is 0.120 e. The Morgan fingerprint density at radius 2 is 1.19 bits per heavy atom. The molecule has 2 nitrogen and oxygen atoms in total. The summed E-state index contributed by atoms with van der Waals surface area (Å²) >= 11 is 0. The maximum absolute atomic E-state index is 6.15. The molecule has 27 heavy (non-hydrogen) atoms. The normalized spacial score (nSPS) is 11.9. The Hall–Kier alpha value is -2.31. The van der Waals surface area contributed by atoms with Crippen LogP contribution in [0.1, 0.15) is 27.2 Å². The zero-order valence-corrected chi connectivity index (χ0v) is 17.5. The molecule has 3 aromatic rings. The standard InChI is InChI=1S/C24H28NOP/c1-5-24(2,3)26-20-16-18-23(19-17-20)27(25-4,21-12-8-6-9-13-21)22-14-10-7-11-15-22/h6-19H,5H2,1-4H3. The number of benzene rings is 3. The molecule has 0 amide bonds. The highest BCUT2D eigenvalue weighted by molar-refractivity contribution is 7.87. The van der Waals surface area contributed by atoms with Gasteiger partial charge in [0.25, 0.3) is 0 Å². The van der Waals surface area contributed by atoms with Crippen LogP contribution in [0.3, 0.4) is 0 Å². The van der Waals surface area contributed by atoms with Crippen molar-refractivity contribution in [2.75, 3.05) is 7.05 Å². The van der Waals surface area contributed by atoms with Crippen molar-refractivity contribution in [3.63, 3.8) is 0 Å². The third-order valence-corrected chi connectivity index (χ3v) is 8.75. The summed E-state index contributed by atoms with van der Waals surface area (Å²) in [6, 6.07) is 29.8. The zero-order chi connectivity index (χ0) is 19.3. The Kier molecular flexibility index (Phi) is 5.87. The predicted octanol–water partition coefficient (Wildman–Crippen LogP) is 5.36. The van der Waals surface area contributed by atoms with Crippen LogP contribution in [0, 0.1) is 0 Å². The van der Waals surface area contributed by atoms with E-state index in [-0.39, 0.29) is 5.60 Å². The van der Waals surface area contributed by atoms with E-state index in [0.717, 1.165) is 12.2 Å². The molecular weight excluding hydrogens is 349 g/mol. The lowest BCUT2D eigenvalue weighted by atomic mass is 10.1. The summed E-state index contributed by atoms with van der Waals surface area (Å²) in [4.78, 5) is 0. The molecule has 3 rings (SSSR count). The van der Waals surface area contributed by atoms with Gasteiger partial charge in [0.05, 0.1) is 7.05 Å². The van der Waals surface area contributed by atoms with Gasteiger partial charge >= 0.3 is 0 Å². The minimum atomic E-state index is -2.04. The molecule has 0 saturated carbocycles. The monoisotopic (exact) mass is 377 g/mol. The lowest BCUT2D eigenvalue weighted by molar-refractivity contribution is 0.105. The van der Waals surface area contributed by atoms with Crippen molar-refractivity contribution in [3.05, 3.63) is 84.9 Å². The van der Waals surface area contributed by atoms with Crippen molar-refractivity contribution in [2.45, 2.75) is 32.8 Å². The van der Waals surface area contributed by atoms with Gasteiger partial charge in [-0.3, -0.25) is 4.74 Å². The molecule has 0 aliphatic heterocycles. The van der Waals surface area contributed by atoms with E-state index in [4.69, 9.17) is 9.48 Å². The van der Waals surface area contributed by atoms with Gasteiger partial charge in [0.1, 0.15) is 11.4 Å². The molecule has 0 aliphatic carbocycles. The maximum atomic E-state index is 6.15. The van der Waals surface area contributed by atoms with E-state index in [0.29, 0.717) is 0 Å². The lowest BCUT2D eigenvalue weighted by Gasteiger charge is -2.28. The van der Waals surface area contributed by atoms with Crippen LogP contribution in [-0.4, -0.2) is 12.6 Å². The van der Waals surface area contributed by atoms with Crippen molar-refractivity contribution >= 4 is 23.0 Å². The fourth-order valence-corrected chi connectivity index (χ4v) is 6.58. The van der Waals surface area contributed by atoms with Crippen LogP contribution in [0.25, 0.3) is 0 Å². The van der Waals surface area contributed by atoms with Crippen molar-refractivity contribution in [1.82, 2.24) is 0 Å². The fraction of sp³-hybridized carbons (Fsp3) is 0.250. The first-order valence-electron chi connectivity index (χ1n) is 9.43. The summed E-state index contributed by atoms with van der Waals surface area (Å²) in [5.41, 5.74) is -0.165. The molecule has 3 aromatic carbocycles. The van der Waals surface area contributed by atoms with E-state index in [2.05, 4.69) is 106 Å². The highest BCUT2D eigenvalue weighted by Crippen LogP contribution is 2.46. The van der Waals surface area contributed by atoms with Crippen molar-refractivity contribution in [3.8, 4) is 5.75 Å². The summed E-state index contributed by atoms with van der Waals surface area (Å²) in [5.74, 6) is 0.904. The van der Waals surface area contributed by atoms with Crippen LogP contribution in [0.5, 0.6) is 5.75 Å². The van der Waals surface area contributed by atoms with Gasteiger partial charge in [0.2, 0.25) is 0 Å². The van der Waals surface area contributed by atoms with Crippen LogP contribution in [0.15, 0.2) is 89.7 Å². The van der Waals surface area contributed by atoms with Gasteiger partial charge in [0, 0.05) is 23.0 Å². The summed E-state index contributed by atoms with van der Waals surface area (Å²) in [7, 11) is -0.0998. The first kappa shape index (κ1) is 19.5. The summed E-state index contributed by atoms with van der Waals surface area (Å²) in [5, 5.41) is 3.77. The molecule has 0 unspecified atom stereocenters. The number of hydrogen-bond donors (Lipinski definition) is 0. The van der Waals surface area contributed by atoms with E-state index in [1.807, 2.05) is 7.05 Å². The van der Waals surface area contributed by atoms with Crippen LogP contribution in [0.4, 0.5) is 0 Å². The number of rotatable bonds is 6. The lowest BCUT2D eigenvalue weighted by Crippen LogP contribution is -2.27. The van der Waals surface area contributed by atoms with Crippen molar-refractivity contribution in [1.29, 1.82) is 0 Å². The van der Waals surface area contributed by atoms with Gasteiger partial charge in [-0.1, -0.05) is 67.6 Å².